The summed E-state index contributed by atoms with van der Waals surface area (Å²) >= 11 is 1.36. The maximum atomic E-state index is 11.1. The standard InChI is InChI=1S/C11H18N6O2S/c1-3-14-9-4-10(16-11(15-9)20-2)17(5-7(12)18)6-8(13)19/h4H,3,5-6H2,1-2H3,(H2,12,18)(H2,13,19)(H,14,15,16). The van der Waals surface area contributed by atoms with Crippen LogP contribution in [0.1, 0.15) is 6.92 Å². The Morgan fingerprint density at radius 2 is 1.90 bits per heavy atom. The summed E-state index contributed by atoms with van der Waals surface area (Å²) in [6.45, 7) is 2.35. The highest BCUT2D eigenvalue weighted by Gasteiger charge is 2.15. The summed E-state index contributed by atoms with van der Waals surface area (Å²) in [7, 11) is 0. The van der Waals surface area contributed by atoms with Crippen LogP contribution < -0.4 is 21.7 Å². The molecule has 0 aliphatic carbocycles. The second-order valence-corrected chi connectivity index (χ2v) is 4.69. The van der Waals surface area contributed by atoms with E-state index in [4.69, 9.17) is 11.5 Å². The fraction of sp³-hybridized carbons (Fsp3) is 0.455. The van der Waals surface area contributed by atoms with Gasteiger partial charge in [0.25, 0.3) is 0 Å². The third kappa shape index (κ3) is 4.92. The molecule has 0 aromatic carbocycles. The van der Waals surface area contributed by atoms with E-state index in [-0.39, 0.29) is 13.1 Å². The highest BCUT2D eigenvalue weighted by molar-refractivity contribution is 7.98. The Bertz CT molecular complexity index is 480. The number of aromatic nitrogens is 2. The molecule has 0 saturated heterocycles. The van der Waals surface area contributed by atoms with Crippen LogP contribution in [0, 0.1) is 0 Å². The van der Waals surface area contributed by atoms with E-state index in [1.54, 1.807) is 6.07 Å². The van der Waals surface area contributed by atoms with E-state index < -0.39 is 11.8 Å². The summed E-state index contributed by atoms with van der Waals surface area (Å²) in [6.07, 6.45) is 1.83. The van der Waals surface area contributed by atoms with Gasteiger partial charge in [-0.2, -0.15) is 0 Å². The van der Waals surface area contributed by atoms with E-state index in [1.165, 1.54) is 16.7 Å². The number of hydrogen-bond donors (Lipinski definition) is 3. The first-order chi connectivity index (χ1) is 9.46. The van der Waals surface area contributed by atoms with Crippen LogP contribution in [0.2, 0.25) is 0 Å². The minimum absolute atomic E-state index is 0.140. The van der Waals surface area contributed by atoms with Gasteiger partial charge in [0.15, 0.2) is 5.16 Å². The lowest BCUT2D eigenvalue weighted by atomic mass is 10.4. The molecule has 8 nitrogen and oxygen atoms in total. The van der Waals surface area contributed by atoms with E-state index in [0.29, 0.717) is 23.3 Å². The molecule has 1 rings (SSSR count). The van der Waals surface area contributed by atoms with Crippen LogP contribution in [0.5, 0.6) is 0 Å². The van der Waals surface area contributed by atoms with Gasteiger partial charge >= 0.3 is 0 Å². The SMILES string of the molecule is CCNc1cc(N(CC(N)=O)CC(N)=O)nc(SC)n1. The monoisotopic (exact) mass is 298 g/mol. The third-order valence-electron chi connectivity index (χ3n) is 2.25. The molecule has 0 unspecified atom stereocenters. The first-order valence-corrected chi connectivity index (χ1v) is 7.17. The zero-order chi connectivity index (χ0) is 15.1. The summed E-state index contributed by atoms with van der Waals surface area (Å²) in [5, 5.41) is 3.59. The number of primary amides is 2. The van der Waals surface area contributed by atoms with Gasteiger partial charge in [-0.3, -0.25) is 9.59 Å². The quantitative estimate of drug-likeness (QED) is 0.432. The molecule has 0 atom stereocenters. The average Bonchev–Trinajstić information content (AvgIpc) is 2.37. The molecule has 2 amide bonds. The topological polar surface area (TPSA) is 127 Å². The Morgan fingerprint density at radius 3 is 2.35 bits per heavy atom. The first kappa shape index (κ1) is 16.0. The number of nitrogens with two attached hydrogens (primary N) is 2. The molecule has 5 N–H and O–H groups in total. The molecule has 1 aromatic heterocycles. The van der Waals surface area contributed by atoms with Gasteiger partial charge in [-0.1, -0.05) is 11.8 Å². The maximum Gasteiger partial charge on any atom is 0.237 e. The molecule has 1 heterocycles. The largest absolute Gasteiger partial charge is 0.370 e. The van der Waals surface area contributed by atoms with Crippen LogP contribution in [0.25, 0.3) is 0 Å². The van der Waals surface area contributed by atoms with E-state index in [9.17, 15) is 9.59 Å². The lowest BCUT2D eigenvalue weighted by molar-refractivity contribution is -0.117. The lowest BCUT2D eigenvalue weighted by Gasteiger charge is -2.21. The van der Waals surface area contributed by atoms with Crippen molar-refractivity contribution in [2.45, 2.75) is 12.1 Å². The summed E-state index contributed by atoms with van der Waals surface area (Å²) < 4.78 is 0. The molecular weight excluding hydrogens is 280 g/mol. The molecule has 0 saturated carbocycles. The van der Waals surface area contributed by atoms with Gasteiger partial charge in [0.1, 0.15) is 11.6 Å². The van der Waals surface area contributed by atoms with Gasteiger partial charge in [0.05, 0.1) is 13.1 Å². The number of hydrogen-bond acceptors (Lipinski definition) is 7. The van der Waals surface area contributed by atoms with Crippen molar-refractivity contribution in [3.63, 3.8) is 0 Å². The summed E-state index contributed by atoms with van der Waals surface area (Å²) in [5.41, 5.74) is 10.4. The van der Waals surface area contributed by atoms with Crippen molar-refractivity contribution >= 4 is 35.2 Å². The van der Waals surface area contributed by atoms with Gasteiger partial charge in [-0.25, -0.2) is 9.97 Å². The highest BCUT2D eigenvalue weighted by atomic mass is 32.2. The minimum Gasteiger partial charge on any atom is -0.370 e. The van der Waals surface area contributed by atoms with Gasteiger partial charge in [0, 0.05) is 12.6 Å². The minimum atomic E-state index is -0.569. The Hall–Kier alpha value is -2.03. The lowest BCUT2D eigenvalue weighted by Crippen LogP contribution is -2.40. The second kappa shape index (κ2) is 7.53. The number of rotatable bonds is 8. The van der Waals surface area contributed by atoms with Crippen molar-refractivity contribution < 1.29 is 9.59 Å². The molecule has 110 valence electrons. The normalized spacial score (nSPS) is 10.1. The number of carbonyl (C=O) groups excluding carboxylic acids is 2. The van der Waals surface area contributed by atoms with Crippen molar-refractivity contribution in [1.82, 2.24) is 9.97 Å². The fourth-order valence-electron chi connectivity index (χ4n) is 1.53. The average molecular weight is 298 g/mol. The predicted octanol–water partition coefficient (Wildman–Crippen LogP) is -0.593. The number of anilines is 2. The van der Waals surface area contributed by atoms with E-state index in [1.807, 2.05) is 13.2 Å². The van der Waals surface area contributed by atoms with E-state index >= 15 is 0 Å². The smallest absolute Gasteiger partial charge is 0.237 e. The molecule has 0 aliphatic heterocycles. The van der Waals surface area contributed by atoms with Gasteiger partial charge < -0.3 is 21.7 Å². The first-order valence-electron chi connectivity index (χ1n) is 5.94. The molecule has 0 bridgehead atoms. The zero-order valence-electron chi connectivity index (χ0n) is 11.4. The third-order valence-corrected chi connectivity index (χ3v) is 2.80. The molecule has 0 radical (unpaired) electrons. The number of thioether (sulfide) groups is 1. The summed E-state index contributed by atoms with van der Waals surface area (Å²) in [4.78, 5) is 32.1. The van der Waals surface area contributed by atoms with Crippen LogP contribution in [0.4, 0.5) is 11.6 Å². The van der Waals surface area contributed by atoms with E-state index in [0.717, 1.165) is 0 Å². The van der Waals surface area contributed by atoms with Gasteiger partial charge in [-0.15, -0.1) is 0 Å². The van der Waals surface area contributed by atoms with Crippen LogP contribution in [-0.2, 0) is 9.59 Å². The Balaban J connectivity index is 3.12. The molecule has 9 heteroatoms. The zero-order valence-corrected chi connectivity index (χ0v) is 12.2. The fourth-order valence-corrected chi connectivity index (χ4v) is 1.91. The van der Waals surface area contributed by atoms with Crippen molar-refractivity contribution in [2.75, 3.05) is 36.1 Å². The summed E-state index contributed by atoms with van der Waals surface area (Å²) in [6, 6.07) is 1.65. The summed E-state index contributed by atoms with van der Waals surface area (Å²) in [5.74, 6) is -0.0974. The van der Waals surface area contributed by atoms with Crippen molar-refractivity contribution in [1.29, 1.82) is 0 Å². The van der Waals surface area contributed by atoms with E-state index in [2.05, 4.69) is 15.3 Å². The molecule has 0 aliphatic rings. The highest BCUT2D eigenvalue weighted by Crippen LogP contribution is 2.20. The van der Waals surface area contributed by atoms with Crippen LogP contribution in [0.3, 0.4) is 0 Å². The number of amides is 2. The number of nitrogens with zero attached hydrogens (tertiary/aromatic N) is 3. The van der Waals surface area contributed by atoms with Crippen LogP contribution in [0.15, 0.2) is 11.2 Å². The molecule has 0 spiro atoms. The number of nitrogens with one attached hydrogen (secondary N) is 1. The second-order valence-electron chi connectivity index (χ2n) is 3.92. The maximum absolute atomic E-state index is 11.1. The van der Waals surface area contributed by atoms with Gasteiger partial charge in [-0.05, 0) is 13.2 Å². The predicted molar refractivity (Wildman–Crippen MR) is 78.6 cm³/mol. The Morgan fingerprint density at radius 1 is 1.30 bits per heavy atom. The van der Waals surface area contributed by atoms with Crippen molar-refractivity contribution in [3.8, 4) is 0 Å². The van der Waals surface area contributed by atoms with Crippen LogP contribution in [-0.4, -0.2) is 47.7 Å². The molecule has 0 fully saturated rings. The Labute approximate surface area is 121 Å². The van der Waals surface area contributed by atoms with Crippen LogP contribution >= 0.6 is 11.8 Å². The molecule has 20 heavy (non-hydrogen) atoms. The Kier molecular flexibility index (Phi) is 6.04. The molecular formula is C11H18N6O2S. The molecule has 1 aromatic rings. The van der Waals surface area contributed by atoms with Crippen molar-refractivity contribution in [2.24, 2.45) is 11.5 Å². The number of carbonyl (C=O) groups is 2. The van der Waals surface area contributed by atoms with Crippen molar-refractivity contribution in [3.05, 3.63) is 6.07 Å². The van der Waals surface area contributed by atoms with Gasteiger partial charge in [0.2, 0.25) is 11.8 Å².